The lowest BCUT2D eigenvalue weighted by atomic mass is 9.77. The van der Waals surface area contributed by atoms with Crippen LogP contribution >= 0.6 is 27.5 Å². The largest absolute Gasteiger partial charge is 0.316 e. The van der Waals surface area contributed by atoms with Gasteiger partial charge in [-0.2, -0.15) is 0 Å². The minimum atomic E-state index is 0.669. The minimum Gasteiger partial charge on any atom is -0.316 e. The first-order valence-electron chi connectivity index (χ1n) is 6.73. The van der Waals surface area contributed by atoms with Gasteiger partial charge in [-0.3, -0.25) is 0 Å². The Hall–Kier alpha value is -0.0500. The highest BCUT2D eigenvalue weighted by molar-refractivity contribution is 9.10. The maximum Gasteiger partial charge on any atom is 0.0548 e. The molecule has 100 valence electrons. The van der Waals surface area contributed by atoms with Crippen LogP contribution < -0.4 is 5.32 Å². The molecule has 1 N–H and O–H groups in total. The van der Waals surface area contributed by atoms with Crippen molar-refractivity contribution in [2.24, 2.45) is 11.8 Å². The Morgan fingerprint density at radius 2 is 2.22 bits per heavy atom. The van der Waals surface area contributed by atoms with E-state index in [9.17, 15) is 0 Å². The highest BCUT2D eigenvalue weighted by Gasteiger charge is 2.27. The maximum atomic E-state index is 6.08. The van der Waals surface area contributed by atoms with E-state index in [1.165, 1.54) is 18.4 Å². The van der Waals surface area contributed by atoms with Gasteiger partial charge in [0.25, 0.3) is 0 Å². The van der Waals surface area contributed by atoms with Crippen LogP contribution in [0.15, 0.2) is 22.7 Å². The average molecular weight is 331 g/mol. The molecule has 0 amide bonds. The number of benzene rings is 1. The highest BCUT2D eigenvalue weighted by Crippen LogP contribution is 2.36. The molecule has 0 spiro atoms. The third-order valence-corrected chi connectivity index (χ3v) is 4.97. The van der Waals surface area contributed by atoms with Crippen LogP contribution in [0.1, 0.15) is 38.2 Å². The number of hydrogen-bond acceptors (Lipinski definition) is 1. The van der Waals surface area contributed by atoms with E-state index in [1.807, 2.05) is 6.07 Å². The van der Waals surface area contributed by atoms with Gasteiger partial charge in [0.2, 0.25) is 0 Å². The molecule has 1 saturated heterocycles. The minimum absolute atomic E-state index is 0.669. The first-order chi connectivity index (χ1) is 8.58. The third-order valence-electron chi connectivity index (χ3n) is 3.75. The summed E-state index contributed by atoms with van der Waals surface area (Å²) < 4.78 is 1.02. The van der Waals surface area contributed by atoms with E-state index < -0.39 is 0 Å². The van der Waals surface area contributed by atoms with Crippen molar-refractivity contribution in [3.05, 3.63) is 33.3 Å². The molecule has 0 saturated carbocycles. The molecule has 1 aromatic rings. The molecule has 2 atom stereocenters. The molecule has 0 radical (unpaired) electrons. The first kappa shape index (κ1) is 14.4. The summed E-state index contributed by atoms with van der Waals surface area (Å²) in [6.45, 7) is 6.88. The molecule has 2 rings (SSSR count). The standard InChI is InChI=1S/C15H21BrClN/c1-10(2)7-12-9-18-6-5-13(12)11-3-4-15(17)14(16)8-11/h3-4,8,10,12-13,18H,5-7,9H2,1-2H3. The third kappa shape index (κ3) is 3.49. The van der Waals surface area contributed by atoms with Crippen molar-refractivity contribution in [2.75, 3.05) is 13.1 Å². The monoisotopic (exact) mass is 329 g/mol. The smallest absolute Gasteiger partial charge is 0.0548 e. The summed E-state index contributed by atoms with van der Waals surface area (Å²) in [6.07, 6.45) is 2.52. The Morgan fingerprint density at radius 1 is 1.44 bits per heavy atom. The van der Waals surface area contributed by atoms with Gasteiger partial charge in [-0.25, -0.2) is 0 Å². The molecular formula is C15H21BrClN. The topological polar surface area (TPSA) is 12.0 Å². The van der Waals surface area contributed by atoms with Gasteiger partial charge in [0.05, 0.1) is 5.02 Å². The van der Waals surface area contributed by atoms with Crippen LogP contribution in [0.3, 0.4) is 0 Å². The van der Waals surface area contributed by atoms with Crippen LogP contribution in [-0.4, -0.2) is 13.1 Å². The van der Waals surface area contributed by atoms with Crippen molar-refractivity contribution in [1.29, 1.82) is 0 Å². The maximum absolute atomic E-state index is 6.08. The van der Waals surface area contributed by atoms with Crippen LogP contribution in [0.5, 0.6) is 0 Å². The van der Waals surface area contributed by atoms with Crippen molar-refractivity contribution in [1.82, 2.24) is 5.32 Å². The fourth-order valence-corrected chi connectivity index (χ4v) is 3.47. The number of rotatable bonds is 3. The van der Waals surface area contributed by atoms with Gasteiger partial charge in [-0.15, -0.1) is 0 Å². The summed E-state index contributed by atoms with van der Waals surface area (Å²) in [5.41, 5.74) is 1.43. The molecule has 0 aliphatic carbocycles. The van der Waals surface area contributed by atoms with Crippen molar-refractivity contribution >= 4 is 27.5 Å². The Kier molecular flexibility index (Phi) is 5.11. The van der Waals surface area contributed by atoms with Gasteiger partial charge < -0.3 is 5.32 Å². The quantitative estimate of drug-likeness (QED) is 0.836. The molecule has 1 fully saturated rings. The Morgan fingerprint density at radius 3 is 2.89 bits per heavy atom. The second-order valence-electron chi connectivity index (χ2n) is 5.66. The van der Waals surface area contributed by atoms with E-state index in [0.717, 1.165) is 34.4 Å². The molecule has 1 aliphatic rings. The summed E-state index contributed by atoms with van der Waals surface area (Å²) in [6, 6.07) is 6.40. The van der Waals surface area contributed by atoms with Crippen LogP contribution in [0.25, 0.3) is 0 Å². The van der Waals surface area contributed by atoms with E-state index in [0.29, 0.717) is 5.92 Å². The predicted octanol–water partition coefficient (Wildman–Crippen LogP) is 4.84. The van der Waals surface area contributed by atoms with Gasteiger partial charge in [0.1, 0.15) is 0 Å². The second-order valence-corrected chi connectivity index (χ2v) is 6.92. The zero-order chi connectivity index (χ0) is 13.1. The summed E-state index contributed by atoms with van der Waals surface area (Å²) >= 11 is 9.62. The number of hydrogen-bond donors (Lipinski definition) is 1. The van der Waals surface area contributed by atoms with Crippen LogP contribution in [0.2, 0.25) is 5.02 Å². The first-order valence-corrected chi connectivity index (χ1v) is 7.90. The fraction of sp³-hybridized carbons (Fsp3) is 0.600. The SMILES string of the molecule is CC(C)CC1CNCCC1c1ccc(Cl)c(Br)c1. The zero-order valence-corrected chi connectivity index (χ0v) is 13.4. The van der Waals surface area contributed by atoms with Crippen molar-refractivity contribution in [3.8, 4) is 0 Å². The molecule has 18 heavy (non-hydrogen) atoms. The van der Waals surface area contributed by atoms with Crippen molar-refractivity contribution in [3.63, 3.8) is 0 Å². The van der Waals surface area contributed by atoms with Crippen LogP contribution in [0.4, 0.5) is 0 Å². The van der Waals surface area contributed by atoms with Crippen LogP contribution in [0, 0.1) is 11.8 Å². The van der Waals surface area contributed by atoms with Crippen molar-refractivity contribution in [2.45, 2.75) is 32.6 Å². The van der Waals surface area contributed by atoms with E-state index in [-0.39, 0.29) is 0 Å². The lowest BCUT2D eigenvalue weighted by molar-refractivity contribution is 0.280. The molecular weight excluding hydrogens is 310 g/mol. The normalized spacial score (nSPS) is 24.5. The molecule has 2 unspecified atom stereocenters. The van der Waals surface area contributed by atoms with E-state index in [2.05, 4.69) is 47.2 Å². The summed E-state index contributed by atoms with van der Waals surface area (Å²) in [5.74, 6) is 2.17. The van der Waals surface area contributed by atoms with Crippen LogP contribution in [-0.2, 0) is 0 Å². The molecule has 1 nitrogen and oxygen atoms in total. The molecule has 1 heterocycles. The zero-order valence-electron chi connectivity index (χ0n) is 11.0. The molecule has 0 bridgehead atoms. The summed E-state index contributed by atoms with van der Waals surface area (Å²) in [7, 11) is 0. The average Bonchev–Trinajstić information content (AvgIpc) is 2.33. The summed E-state index contributed by atoms with van der Waals surface area (Å²) in [4.78, 5) is 0. The fourth-order valence-electron chi connectivity index (χ4n) is 2.96. The van der Waals surface area contributed by atoms with Gasteiger partial charge in [-0.05, 0) is 77.3 Å². The molecule has 0 aromatic heterocycles. The van der Waals surface area contributed by atoms with E-state index in [1.54, 1.807) is 0 Å². The number of halogens is 2. The molecule has 3 heteroatoms. The Balaban J connectivity index is 2.19. The number of piperidine rings is 1. The van der Waals surface area contributed by atoms with Gasteiger partial charge in [0, 0.05) is 4.47 Å². The highest BCUT2D eigenvalue weighted by atomic mass is 79.9. The number of nitrogens with one attached hydrogen (secondary N) is 1. The molecule has 1 aromatic carbocycles. The Bertz CT molecular complexity index is 405. The Labute approximate surface area is 123 Å². The lowest BCUT2D eigenvalue weighted by Gasteiger charge is -2.34. The van der Waals surface area contributed by atoms with E-state index >= 15 is 0 Å². The molecule has 1 aliphatic heterocycles. The predicted molar refractivity (Wildman–Crippen MR) is 82.3 cm³/mol. The van der Waals surface area contributed by atoms with Gasteiger partial charge in [0.15, 0.2) is 0 Å². The van der Waals surface area contributed by atoms with Gasteiger partial charge in [-0.1, -0.05) is 31.5 Å². The van der Waals surface area contributed by atoms with Gasteiger partial charge >= 0.3 is 0 Å². The van der Waals surface area contributed by atoms with E-state index in [4.69, 9.17) is 11.6 Å². The van der Waals surface area contributed by atoms with Crippen molar-refractivity contribution < 1.29 is 0 Å². The second kappa shape index (κ2) is 6.40. The lowest BCUT2D eigenvalue weighted by Crippen LogP contribution is -2.36. The summed E-state index contributed by atoms with van der Waals surface area (Å²) in [5, 5.41) is 4.33.